The molecule has 0 aliphatic carbocycles. The van der Waals surface area contributed by atoms with Crippen molar-refractivity contribution in [1.82, 2.24) is 15.5 Å². The van der Waals surface area contributed by atoms with Crippen molar-refractivity contribution in [3.8, 4) is 0 Å². The Kier molecular flexibility index (Phi) is 7.51. The lowest BCUT2D eigenvalue weighted by atomic mass is 9.96. The van der Waals surface area contributed by atoms with Gasteiger partial charge in [0.25, 0.3) is 0 Å². The first kappa shape index (κ1) is 21.1. The van der Waals surface area contributed by atoms with Crippen LogP contribution in [0, 0.1) is 12.3 Å². The molecule has 150 valence electrons. The number of piperazine rings is 1. The van der Waals surface area contributed by atoms with Crippen LogP contribution in [0.2, 0.25) is 0 Å². The minimum atomic E-state index is -0.361. The summed E-state index contributed by atoms with van der Waals surface area (Å²) >= 11 is 0. The topological polar surface area (TPSA) is 60.0 Å². The fourth-order valence-corrected chi connectivity index (χ4v) is 3.02. The lowest BCUT2D eigenvalue weighted by Crippen LogP contribution is -2.52. The third kappa shape index (κ3) is 6.45. The molecule has 27 heavy (non-hydrogen) atoms. The van der Waals surface area contributed by atoms with E-state index in [1.165, 1.54) is 11.3 Å². The van der Waals surface area contributed by atoms with Crippen LogP contribution >= 0.6 is 0 Å². The Labute approximate surface area is 164 Å². The Morgan fingerprint density at radius 1 is 1.15 bits per heavy atom. The van der Waals surface area contributed by atoms with Gasteiger partial charge >= 0.3 is 0 Å². The van der Waals surface area contributed by atoms with Crippen molar-refractivity contribution < 1.29 is 4.79 Å². The average molecular weight is 374 g/mol. The monoisotopic (exact) mass is 373 g/mol. The summed E-state index contributed by atoms with van der Waals surface area (Å²) in [4.78, 5) is 21.4. The molecule has 0 bridgehead atoms. The van der Waals surface area contributed by atoms with Crippen LogP contribution in [-0.2, 0) is 4.79 Å². The molecule has 2 rings (SSSR count). The predicted molar refractivity (Wildman–Crippen MR) is 113 cm³/mol. The van der Waals surface area contributed by atoms with Crippen molar-refractivity contribution in [2.45, 2.75) is 34.6 Å². The summed E-state index contributed by atoms with van der Waals surface area (Å²) < 4.78 is 0. The zero-order chi connectivity index (χ0) is 19.9. The van der Waals surface area contributed by atoms with Crippen molar-refractivity contribution in [1.29, 1.82) is 0 Å². The van der Waals surface area contributed by atoms with Gasteiger partial charge in [-0.25, -0.2) is 0 Å². The van der Waals surface area contributed by atoms with E-state index >= 15 is 0 Å². The minimum Gasteiger partial charge on any atom is -0.368 e. The number of amides is 1. The van der Waals surface area contributed by atoms with E-state index in [0.29, 0.717) is 13.1 Å². The molecule has 1 aromatic rings. The lowest BCUT2D eigenvalue weighted by molar-refractivity contribution is -0.128. The van der Waals surface area contributed by atoms with Gasteiger partial charge in [-0.1, -0.05) is 32.9 Å². The van der Waals surface area contributed by atoms with E-state index in [4.69, 9.17) is 4.99 Å². The number of aliphatic imine (C=N–C) groups is 1. The number of hydrogen-bond donors (Lipinski definition) is 2. The summed E-state index contributed by atoms with van der Waals surface area (Å²) in [5.41, 5.74) is 2.23. The Hall–Kier alpha value is -2.24. The van der Waals surface area contributed by atoms with E-state index in [-0.39, 0.29) is 11.3 Å². The highest BCUT2D eigenvalue weighted by Gasteiger charge is 2.21. The van der Waals surface area contributed by atoms with E-state index in [1.807, 2.05) is 20.8 Å². The number of aryl methyl sites for hydroxylation is 1. The fourth-order valence-electron chi connectivity index (χ4n) is 3.02. The van der Waals surface area contributed by atoms with Gasteiger partial charge < -0.3 is 20.4 Å². The maximum atomic E-state index is 11.9. The highest BCUT2D eigenvalue weighted by molar-refractivity contribution is 5.82. The summed E-state index contributed by atoms with van der Waals surface area (Å²) in [6.45, 7) is 15.8. The zero-order valence-corrected chi connectivity index (χ0v) is 17.5. The third-order valence-electron chi connectivity index (χ3n) is 4.62. The first-order valence-corrected chi connectivity index (χ1v) is 9.94. The Morgan fingerprint density at radius 2 is 1.85 bits per heavy atom. The average Bonchev–Trinajstić information content (AvgIpc) is 2.63. The second kappa shape index (κ2) is 9.62. The van der Waals surface area contributed by atoms with E-state index in [2.05, 4.69) is 58.5 Å². The van der Waals surface area contributed by atoms with Crippen molar-refractivity contribution in [2.24, 2.45) is 10.4 Å². The SMILES string of the molecule is CCNC(=NCCNC(=O)C(C)(C)C)N1CCN(c2cccc(C)c2)CC1. The second-order valence-corrected chi connectivity index (χ2v) is 8.05. The van der Waals surface area contributed by atoms with Crippen LogP contribution in [0.1, 0.15) is 33.3 Å². The molecule has 1 aliphatic rings. The zero-order valence-electron chi connectivity index (χ0n) is 17.5. The van der Waals surface area contributed by atoms with Crippen LogP contribution in [0.5, 0.6) is 0 Å². The molecule has 0 aromatic heterocycles. The number of nitrogens with one attached hydrogen (secondary N) is 2. The van der Waals surface area contributed by atoms with Crippen LogP contribution < -0.4 is 15.5 Å². The highest BCUT2D eigenvalue weighted by Crippen LogP contribution is 2.17. The molecule has 0 unspecified atom stereocenters. The van der Waals surface area contributed by atoms with Crippen LogP contribution in [0.4, 0.5) is 5.69 Å². The largest absolute Gasteiger partial charge is 0.368 e. The molecule has 1 aliphatic heterocycles. The number of nitrogens with zero attached hydrogens (tertiary/aromatic N) is 3. The highest BCUT2D eigenvalue weighted by atomic mass is 16.2. The van der Waals surface area contributed by atoms with Gasteiger partial charge in [-0.2, -0.15) is 0 Å². The van der Waals surface area contributed by atoms with Crippen LogP contribution in [0.15, 0.2) is 29.3 Å². The number of anilines is 1. The Morgan fingerprint density at radius 3 is 2.44 bits per heavy atom. The molecular weight excluding hydrogens is 338 g/mol. The molecule has 1 aromatic carbocycles. The molecule has 1 amide bonds. The van der Waals surface area contributed by atoms with Gasteiger partial charge in [-0.3, -0.25) is 9.79 Å². The van der Waals surface area contributed by atoms with E-state index < -0.39 is 0 Å². The molecule has 1 saturated heterocycles. The number of rotatable bonds is 5. The second-order valence-electron chi connectivity index (χ2n) is 8.05. The molecule has 0 radical (unpaired) electrons. The van der Waals surface area contributed by atoms with Crippen molar-refractivity contribution in [3.05, 3.63) is 29.8 Å². The molecule has 6 heteroatoms. The Balaban J connectivity index is 1.87. The summed E-state index contributed by atoms with van der Waals surface area (Å²) in [5.74, 6) is 1.00. The van der Waals surface area contributed by atoms with Crippen LogP contribution in [-0.4, -0.2) is 62.6 Å². The maximum absolute atomic E-state index is 11.9. The van der Waals surface area contributed by atoms with Gasteiger partial charge in [0.1, 0.15) is 0 Å². The van der Waals surface area contributed by atoms with Crippen LogP contribution in [0.25, 0.3) is 0 Å². The number of carbonyl (C=O) groups is 1. The lowest BCUT2D eigenvalue weighted by Gasteiger charge is -2.37. The van der Waals surface area contributed by atoms with Crippen LogP contribution in [0.3, 0.4) is 0 Å². The van der Waals surface area contributed by atoms with E-state index in [9.17, 15) is 4.79 Å². The van der Waals surface area contributed by atoms with Crippen molar-refractivity contribution in [2.75, 3.05) is 50.7 Å². The predicted octanol–water partition coefficient (Wildman–Crippen LogP) is 2.24. The molecule has 0 saturated carbocycles. The molecule has 6 nitrogen and oxygen atoms in total. The number of guanidine groups is 1. The van der Waals surface area contributed by atoms with Gasteiger partial charge in [0.2, 0.25) is 5.91 Å². The smallest absolute Gasteiger partial charge is 0.225 e. The van der Waals surface area contributed by atoms with Gasteiger partial charge in [-0.15, -0.1) is 0 Å². The van der Waals surface area contributed by atoms with Crippen molar-refractivity contribution in [3.63, 3.8) is 0 Å². The van der Waals surface area contributed by atoms with Gasteiger partial charge in [-0.05, 0) is 31.5 Å². The number of benzene rings is 1. The number of carbonyl (C=O) groups excluding carboxylic acids is 1. The standard InChI is InChI=1S/C21H35N5O/c1-6-22-20(24-11-10-23-19(27)21(3,4)5)26-14-12-25(13-15-26)18-9-7-8-17(2)16-18/h7-9,16H,6,10-15H2,1-5H3,(H,22,24)(H,23,27). The van der Waals surface area contributed by atoms with Crippen molar-refractivity contribution >= 4 is 17.6 Å². The van der Waals surface area contributed by atoms with E-state index in [0.717, 1.165) is 38.7 Å². The summed E-state index contributed by atoms with van der Waals surface area (Å²) in [6.07, 6.45) is 0. The summed E-state index contributed by atoms with van der Waals surface area (Å²) in [7, 11) is 0. The van der Waals surface area contributed by atoms with E-state index in [1.54, 1.807) is 0 Å². The molecular formula is C21H35N5O. The normalized spacial score (nSPS) is 15.7. The fraction of sp³-hybridized carbons (Fsp3) is 0.619. The minimum absolute atomic E-state index is 0.0643. The first-order chi connectivity index (χ1) is 12.8. The molecule has 0 atom stereocenters. The Bertz CT molecular complexity index is 642. The summed E-state index contributed by atoms with van der Waals surface area (Å²) in [6, 6.07) is 8.68. The molecule has 1 fully saturated rings. The number of hydrogen-bond acceptors (Lipinski definition) is 3. The first-order valence-electron chi connectivity index (χ1n) is 9.94. The maximum Gasteiger partial charge on any atom is 0.225 e. The van der Waals surface area contributed by atoms with Gasteiger partial charge in [0.15, 0.2) is 5.96 Å². The molecule has 2 N–H and O–H groups in total. The van der Waals surface area contributed by atoms with Gasteiger partial charge in [0, 0.05) is 50.4 Å². The quantitative estimate of drug-likeness (QED) is 0.472. The van der Waals surface area contributed by atoms with Gasteiger partial charge in [0.05, 0.1) is 6.54 Å². The summed E-state index contributed by atoms with van der Waals surface area (Å²) in [5, 5.41) is 6.34. The molecule has 1 heterocycles. The third-order valence-corrected chi connectivity index (χ3v) is 4.62. The molecule has 0 spiro atoms.